The van der Waals surface area contributed by atoms with E-state index in [2.05, 4.69) is 29.9 Å². The van der Waals surface area contributed by atoms with Crippen molar-refractivity contribution in [2.45, 2.75) is 26.2 Å². The Balaban J connectivity index is 2.41. The van der Waals surface area contributed by atoms with E-state index in [1.54, 1.807) is 14.2 Å². The molecule has 0 saturated carbocycles. The van der Waals surface area contributed by atoms with E-state index < -0.39 is 0 Å². The minimum absolute atomic E-state index is 0.180. The van der Waals surface area contributed by atoms with Crippen molar-refractivity contribution in [3.63, 3.8) is 0 Å². The van der Waals surface area contributed by atoms with Gasteiger partial charge in [0.05, 0.1) is 19.9 Å². The van der Waals surface area contributed by atoms with Crippen LogP contribution in [0.3, 0.4) is 0 Å². The third kappa shape index (κ3) is 3.76. The number of hydrogen-bond donors (Lipinski definition) is 2. The van der Waals surface area contributed by atoms with E-state index in [1.165, 1.54) is 0 Å². The second-order valence-corrected chi connectivity index (χ2v) is 6.12. The van der Waals surface area contributed by atoms with Gasteiger partial charge in [-0.05, 0) is 24.6 Å². The summed E-state index contributed by atoms with van der Waals surface area (Å²) in [6.07, 6.45) is 3.98. The Labute approximate surface area is 142 Å². The zero-order chi connectivity index (χ0) is 17.9. The van der Waals surface area contributed by atoms with Gasteiger partial charge in [0, 0.05) is 17.0 Å². The lowest BCUT2D eigenvalue weighted by molar-refractivity contribution is 0.392. The lowest BCUT2D eigenvalue weighted by atomic mass is 9.83. The zero-order valence-corrected chi connectivity index (χ0v) is 14.8. The second-order valence-electron chi connectivity index (χ2n) is 6.12. The van der Waals surface area contributed by atoms with Gasteiger partial charge in [0.2, 0.25) is 5.95 Å². The van der Waals surface area contributed by atoms with Crippen LogP contribution in [0.1, 0.15) is 30.7 Å². The fourth-order valence-electron chi connectivity index (χ4n) is 2.40. The van der Waals surface area contributed by atoms with Crippen LogP contribution >= 0.6 is 0 Å². The first-order valence-electron chi connectivity index (χ1n) is 7.59. The Kier molecular flexibility index (Phi) is 4.97. The fraction of sp³-hybridized carbons (Fsp3) is 0.333. The first-order valence-corrected chi connectivity index (χ1v) is 7.59. The van der Waals surface area contributed by atoms with Crippen LogP contribution in [-0.2, 0) is 5.41 Å². The van der Waals surface area contributed by atoms with Crippen LogP contribution in [0.2, 0.25) is 0 Å². The standard InChI is InChI=1S/C18H24N4O2/c1-11-15(16(19)22-17(20)21-11)6-7-18(2,3)12-8-13(23-4)10-14(9-12)24-5/h6-10H,1-5H3,(H4,19,20,21,22)/b7-6+. The van der Waals surface area contributed by atoms with Crippen molar-refractivity contribution >= 4 is 17.8 Å². The summed E-state index contributed by atoms with van der Waals surface area (Å²) in [5.74, 6) is 2.05. The number of ether oxygens (including phenoxy) is 2. The minimum Gasteiger partial charge on any atom is -0.497 e. The summed E-state index contributed by atoms with van der Waals surface area (Å²) in [6.45, 7) is 6.05. The molecule has 0 bridgehead atoms. The highest BCUT2D eigenvalue weighted by molar-refractivity contribution is 5.65. The van der Waals surface area contributed by atoms with Gasteiger partial charge in [-0.25, -0.2) is 4.98 Å². The maximum absolute atomic E-state index is 5.96. The first-order chi connectivity index (χ1) is 11.3. The molecule has 0 fully saturated rings. The maximum Gasteiger partial charge on any atom is 0.222 e. The number of allylic oxidation sites excluding steroid dienone is 1. The molecule has 0 amide bonds. The number of hydrogen-bond acceptors (Lipinski definition) is 6. The lowest BCUT2D eigenvalue weighted by Gasteiger charge is -2.22. The Morgan fingerprint density at radius 2 is 1.58 bits per heavy atom. The molecule has 2 aromatic rings. The van der Waals surface area contributed by atoms with Gasteiger partial charge in [-0.1, -0.05) is 26.0 Å². The number of nitrogen functional groups attached to an aromatic ring is 2. The number of aryl methyl sites for hydroxylation is 1. The number of rotatable bonds is 5. The molecule has 24 heavy (non-hydrogen) atoms. The van der Waals surface area contributed by atoms with Gasteiger partial charge < -0.3 is 20.9 Å². The highest BCUT2D eigenvalue weighted by Crippen LogP contribution is 2.33. The van der Waals surface area contributed by atoms with Gasteiger partial charge in [0.15, 0.2) is 0 Å². The molecule has 6 nitrogen and oxygen atoms in total. The largest absolute Gasteiger partial charge is 0.497 e. The normalized spacial score (nSPS) is 11.7. The zero-order valence-electron chi connectivity index (χ0n) is 14.8. The van der Waals surface area contributed by atoms with Gasteiger partial charge >= 0.3 is 0 Å². The number of benzene rings is 1. The number of methoxy groups -OCH3 is 2. The van der Waals surface area contributed by atoms with Crippen LogP contribution in [0.5, 0.6) is 11.5 Å². The molecule has 0 aliphatic heterocycles. The predicted octanol–water partition coefficient (Wildman–Crippen LogP) is 2.96. The Morgan fingerprint density at radius 1 is 1.00 bits per heavy atom. The average Bonchev–Trinajstić information content (AvgIpc) is 2.53. The van der Waals surface area contributed by atoms with Crippen molar-refractivity contribution in [2.75, 3.05) is 25.7 Å². The molecule has 1 aromatic heterocycles. The third-order valence-electron chi connectivity index (χ3n) is 3.95. The molecule has 0 spiro atoms. The SMILES string of the molecule is COc1cc(OC)cc(C(C)(C)/C=C/c2c(C)nc(N)nc2N)c1. The molecular formula is C18H24N4O2. The van der Waals surface area contributed by atoms with Gasteiger partial charge in [-0.3, -0.25) is 0 Å². The van der Waals surface area contributed by atoms with Gasteiger partial charge in [0.25, 0.3) is 0 Å². The summed E-state index contributed by atoms with van der Waals surface area (Å²) in [7, 11) is 3.27. The van der Waals surface area contributed by atoms with Crippen LogP contribution in [0.4, 0.5) is 11.8 Å². The molecule has 6 heteroatoms. The van der Waals surface area contributed by atoms with Gasteiger partial charge in [0.1, 0.15) is 17.3 Å². The van der Waals surface area contributed by atoms with E-state index in [9.17, 15) is 0 Å². The average molecular weight is 328 g/mol. The number of nitrogens with two attached hydrogens (primary N) is 2. The van der Waals surface area contributed by atoms with Crippen molar-refractivity contribution in [3.05, 3.63) is 41.1 Å². The molecule has 1 heterocycles. The third-order valence-corrected chi connectivity index (χ3v) is 3.95. The van der Waals surface area contributed by atoms with Crippen LogP contribution in [0.15, 0.2) is 24.3 Å². The molecule has 0 radical (unpaired) electrons. The molecule has 0 aliphatic carbocycles. The Hall–Kier alpha value is -2.76. The summed E-state index contributed by atoms with van der Waals surface area (Å²) in [4.78, 5) is 8.17. The molecule has 0 atom stereocenters. The second kappa shape index (κ2) is 6.78. The highest BCUT2D eigenvalue weighted by Gasteiger charge is 2.19. The van der Waals surface area contributed by atoms with E-state index in [4.69, 9.17) is 20.9 Å². The van der Waals surface area contributed by atoms with Crippen LogP contribution < -0.4 is 20.9 Å². The van der Waals surface area contributed by atoms with Gasteiger partial charge in [-0.15, -0.1) is 0 Å². The maximum atomic E-state index is 5.96. The van der Waals surface area contributed by atoms with Crippen LogP contribution in [0, 0.1) is 6.92 Å². The molecular weight excluding hydrogens is 304 g/mol. The molecule has 0 aliphatic rings. The van der Waals surface area contributed by atoms with Crippen molar-refractivity contribution in [2.24, 2.45) is 0 Å². The Morgan fingerprint density at radius 3 is 2.08 bits per heavy atom. The van der Waals surface area contributed by atoms with Gasteiger partial charge in [-0.2, -0.15) is 4.98 Å². The van der Waals surface area contributed by atoms with E-state index in [1.807, 2.05) is 31.2 Å². The van der Waals surface area contributed by atoms with Crippen molar-refractivity contribution in [3.8, 4) is 11.5 Å². The molecule has 128 valence electrons. The monoisotopic (exact) mass is 328 g/mol. The summed E-state index contributed by atoms with van der Waals surface area (Å²) in [5.41, 5.74) is 13.9. The minimum atomic E-state index is -0.276. The fourth-order valence-corrected chi connectivity index (χ4v) is 2.40. The number of nitrogens with zero attached hydrogens (tertiary/aromatic N) is 2. The molecule has 0 unspecified atom stereocenters. The molecule has 4 N–H and O–H groups in total. The molecule has 2 rings (SSSR count). The molecule has 1 aromatic carbocycles. The lowest BCUT2D eigenvalue weighted by Crippen LogP contribution is -2.14. The summed E-state index contributed by atoms with van der Waals surface area (Å²) < 4.78 is 10.7. The summed E-state index contributed by atoms with van der Waals surface area (Å²) >= 11 is 0. The van der Waals surface area contributed by atoms with Crippen LogP contribution in [0.25, 0.3) is 6.08 Å². The summed E-state index contributed by atoms with van der Waals surface area (Å²) in [5, 5.41) is 0. The van der Waals surface area contributed by atoms with E-state index in [0.717, 1.165) is 28.3 Å². The van der Waals surface area contributed by atoms with E-state index in [-0.39, 0.29) is 11.4 Å². The Bertz CT molecular complexity index is 724. The number of aromatic nitrogens is 2. The van der Waals surface area contributed by atoms with Crippen molar-refractivity contribution in [1.29, 1.82) is 0 Å². The van der Waals surface area contributed by atoms with E-state index in [0.29, 0.717) is 5.82 Å². The first kappa shape index (κ1) is 17.6. The quantitative estimate of drug-likeness (QED) is 0.876. The topological polar surface area (TPSA) is 96.3 Å². The smallest absolute Gasteiger partial charge is 0.222 e. The van der Waals surface area contributed by atoms with Crippen LogP contribution in [-0.4, -0.2) is 24.2 Å². The molecule has 0 saturated heterocycles. The van der Waals surface area contributed by atoms with Crippen molar-refractivity contribution < 1.29 is 9.47 Å². The predicted molar refractivity (Wildman–Crippen MR) is 97.2 cm³/mol. The summed E-state index contributed by atoms with van der Waals surface area (Å²) in [6, 6.07) is 5.82. The van der Waals surface area contributed by atoms with Crippen molar-refractivity contribution in [1.82, 2.24) is 9.97 Å². The number of anilines is 2. The van der Waals surface area contributed by atoms with E-state index >= 15 is 0 Å². The highest BCUT2D eigenvalue weighted by atomic mass is 16.5.